The summed E-state index contributed by atoms with van der Waals surface area (Å²) in [6.45, 7) is 0. The number of aliphatic imine (C=N–C) groups is 1. The summed E-state index contributed by atoms with van der Waals surface area (Å²) in [6.07, 6.45) is 3.26. The average Bonchev–Trinajstić information content (AvgIpc) is 3.60. The van der Waals surface area contributed by atoms with Gasteiger partial charge in [0.15, 0.2) is 5.58 Å². The van der Waals surface area contributed by atoms with Crippen molar-refractivity contribution < 1.29 is 4.42 Å². The van der Waals surface area contributed by atoms with E-state index in [1.807, 2.05) is 24.5 Å². The van der Waals surface area contributed by atoms with Crippen LogP contribution in [0.1, 0.15) is 29.0 Å². The molecule has 0 amide bonds. The monoisotopic (exact) mass is 656 g/mol. The number of amidine groups is 1. The van der Waals surface area contributed by atoms with Gasteiger partial charge in [0.1, 0.15) is 23.8 Å². The number of furan rings is 1. The van der Waals surface area contributed by atoms with Crippen LogP contribution in [-0.4, -0.2) is 10.8 Å². The van der Waals surface area contributed by atoms with Gasteiger partial charge in [0.2, 0.25) is 0 Å². The number of hydrogen-bond donors (Lipinski definition) is 2. The quantitative estimate of drug-likeness (QED) is 0.181. The summed E-state index contributed by atoms with van der Waals surface area (Å²) in [5, 5.41) is 14.4. The van der Waals surface area contributed by atoms with Crippen molar-refractivity contribution in [3.63, 3.8) is 0 Å². The van der Waals surface area contributed by atoms with Crippen molar-refractivity contribution in [2.75, 3.05) is 0 Å². The highest BCUT2D eigenvalue weighted by Crippen LogP contribution is 2.39. The molecule has 0 saturated carbocycles. The predicted octanol–water partition coefficient (Wildman–Crippen LogP) is 11.0. The molecule has 7 aromatic carbocycles. The van der Waals surface area contributed by atoms with Gasteiger partial charge in [0.25, 0.3) is 0 Å². The van der Waals surface area contributed by atoms with Crippen LogP contribution in [-0.2, 0) is 0 Å². The molecule has 0 spiro atoms. The Morgan fingerprint density at radius 3 is 2.04 bits per heavy atom. The highest BCUT2D eigenvalue weighted by molar-refractivity contribution is 6.20. The van der Waals surface area contributed by atoms with Crippen molar-refractivity contribution in [1.82, 2.24) is 15.6 Å². The maximum Gasteiger partial charge on any atom is 0.154 e. The lowest BCUT2D eigenvalue weighted by Gasteiger charge is -2.32. The summed E-state index contributed by atoms with van der Waals surface area (Å²) in [7, 11) is 0. The summed E-state index contributed by atoms with van der Waals surface area (Å²) < 4.78 is 6.69. The van der Waals surface area contributed by atoms with Crippen LogP contribution in [0.15, 0.2) is 180 Å². The highest BCUT2D eigenvalue weighted by Gasteiger charge is 2.28. The van der Waals surface area contributed by atoms with E-state index in [0.717, 1.165) is 55.6 Å². The average molecular weight is 657 g/mol. The van der Waals surface area contributed by atoms with Crippen LogP contribution in [0.3, 0.4) is 0 Å². The molecule has 1 aliphatic heterocycles. The van der Waals surface area contributed by atoms with Gasteiger partial charge < -0.3 is 9.73 Å². The van der Waals surface area contributed by atoms with Crippen LogP contribution in [0.25, 0.3) is 65.7 Å². The van der Waals surface area contributed by atoms with Gasteiger partial charge in [-0.05, 0) is 55.4 Å². The Balaban J connectivity index is 1.09. The van der Waals surface area contributed by atoms with Crippen molar-refractivity contribution in [3.8, 4) is 22.3 Å². The number of para-hydroxylation sites is 1. The molecule has 2 atom stereocenters. The maximum absolute atomic E-state index is 6.69. The second-order valence-electron chi connectivity index (χ2n) is 13.1. The Bertz CT molecular complexity index is 2750. The molecule has 2 unspecified atom stereocenters. The van der Waals surface area contributed by atoms with Crippen LogP contribution in [0.4, 0.5) is 0 Å². The fourth-order valence-electron chi connectivity index (χ4n) is 7.50. The SMILES string of the molecule is c1ccc(-c2ccc(C3NC(c4cncc5oc6c(-c7ccc8ccc9ccccc9c8c7)cccc6c45)=NC(c4ccccc4)N3)cc2)cc1. The largest absolute Gasteiger partial charge is 0.454 e. The van der Waals surface area contributed by atoms with Crippen molar-refractivity contribution in [3.05, 3.63) is 187 Å². The fourth-order valence-corrected chi connectivity index (χ4v) is 7.50. The van der Waals surface area contributed by atoms with Crippen LogP contribution < -0.4 is 10.6 Å². The molecule has 0 fully saturated rings. The van der Waals surface area contributed by atoms with Crippen molar-refractivity contribution in [2.24, 2.45) is 4.99 Å². The molecule has 2 aromatic heterocycles. The van der Waals surface area contributed by atoms with E-state index in [1.54, 1.807) is 0 Å². The van der Waals surface area contributed by atoms with E-state index in [-0.39, 0.29) is 12.3 Å². The van der Waals surface area contributed by atoms with Gasteiger partial charge in [-0.15, -0.1) is 0 Å². The molecular weight excluding hydrogens is 625 g/mol. The molecular formula is C46H32N4O. The number of fused-ring (bicyclic) bond motifs is 6. The lowest BCUT2D eigenvalue weighted by Crippen LogP contribution is -2.45. The van der Waals surface area contributed by atoms with Gasteiger partial charge in [-0.1, -0.05) is 152 Å². The summed E-state index contributed by atoms with van der Waals surface area (Å²) in [5.41, 5.74) is 9.20. The van der Waals surface area contributed by atoms with Gasteiger partial charge in [-0.25, -0.2) is 4.99 Å². The molecule has 51 heavy (non-hydrogen) atoms. The normalized spacial score (nSPS) is 16.0. The zero-order valence-corrected chi connectivity index (χ0v) is 27.6. The van der Waals surface area contributed by atoms with Gasteiger partial charge >= 0.3 is 0 Å². The topological polar surface area (TPSA) is 62.5 Å². The minimum atomic E-state index is -0.266. The highest BCUT2D eigenvalue weighted by atomic mass is 16.3. The van der Waals surface area contributed by atoms with E-state index >= 15 is 0 Å². The maximum atomic E-state index is 6.69. The molecule has 5 nitrogen and oxygen atoms in total. The first kappa shape index (κ1) is 29.4. The number of aromatic nitrogens is 1. The van der Waals surface area contributed by atoms with E-state index in [0.29, 0.717) is 0 Å². The third kappa shape index (κ3) is 5.14. The third-order valence-corrected chi connectivity index (χ3v) is 10.1. The summed E-state index contributed by atoms with van der Waals surface area (Å²) >= 11 is 0. The number of benzene rings is 7. The molecule has 0 bridgehead atoms. The minimum absolute atomic E-state index is 0.191. The van der Waals surface area contributed by atoms with Gasteiger partial charge in [-0.3, -0.25) is 10.3 Å². The fraction of sp³-hybridized carbons (Fsp3) is 0.0435. The lowest BCUT2D eigenvalue weighted by molar-refractivity contribution is 0.409. The van der Waals surface area contributed by atoms with E-state index in [4.69, 9.17) is 9.41 Å². The molecule has 0 aliphatic carbocycles. The number of pyridine rings is 1. The smallest absolute Gasteiger partial charge is 0.154 e. The van der Waals surface area contributed by atoms with Crippen molar-refractivity contribution in [1.29, 1.82) is 0 Å². The molecule has 10 rings (SSSR count). The van der Waals surface area contributed by atoms with Crippen LogP contribution >= 0.6 is 0 Å². The Kier molecular flexibility index (Phi) is 6.96. The van der Waals surface area contributed by atoms with E-state index in [2.05, 4.69) is 161 Å². The summed E-state index contributed by atoms with van der Waals surface area (Å²) in [5.74, 6) is 0.767. The minimum Gasteiger partial charge on any atom is -0.454 e. The molecule has 0 radical (unpaired) electrons. The number of nitrogens with zero attached hydrogens (tertiary/aromatic N) is 2. The van der Waals surface area contributed by atoms with E-state index in [9.17, 15) is 0 Å². The zero-order valence-electron chi connectivity index (χ0n) is 27.6. The van der Waals surface area contributed by atoms with Crippen LogP contribution in [0.2, 0.25) is 0 Å². The molecule has 9 aromatic rings. The Hall–Kier alpha value is -6.56. The lowest BCUT2D eigenvalue weighted by atomic mass is 9.96. The van der Waals surface area contributed by atoms with Crippen LogP contribution in [0, 0.1) is 0 Å². The molecule has 5 heteroatoms. The Morgan fingerprint density at radius 2 is 1.20 bits per heavy atom. The number of rotatable bonds is 5. The number of nitrogens with one attached hydrogen (secondary N) is 2. The van der Waals surface area contributed by atoms with Crippen molar-refractivity contribution in [2.45, 2.75) is 12.3 Å². The Morgan fingerprint density at radius 1 is 0.510 bits per heavy atom. The third-order valence-electron chi connectivity index (χ3n) is 10.1. The van der Waals surface area contributed by atoms with E-state index < -0.39 is 0 Å². The first-order valence-corrected chi connectivity index (χ1v) is 17.3. The molecule has 242 valence electrons. The van der Waals surface area contributed by atoms with Gasteiger partial charge in [-0.2, -0.15) is 0 Å². The standard InChI is InChI=1S/C46H32N4O/c1-3-10-29(11-4-1)30-18-23-34(24-19-30)45-48-44(33-13-5-2-6-14-33)49-46(50-45)40-27-47-28-41-42(40)38-17-9-16-37(43(38)51-41)35-25-22-32-21-20-31-12-7-8-15-36(31)39(32)26-35/h1-28,44-45,48H,(H,49,50). The van der Waals surface area contributed by atoms with Gasteiger partial charge in [0.05, 0.1) is 6.20 Å². The zero-order chi connectivity index (χ0) is 33.7. The Labute approximate surface area is 294 Å². The van der Waals surface area contributed by atoms with E-state index in [1.165, 1.54) is 32.7 Å². The van der Waals surface area contributed by atoms with Crippen LogP contribution in [0.5, 0.6) is 0 Å². The molecule has 1 aliphatic rings. The first-order chi connectivity index (χ1) is 25.3. The molecule has 2 N–H and O–H groups in total. The summed E-state index contributed by atoms with van der Waals surface area (Å²) in [4.78, 5) is 9.92. The molecule has 3 heterocycles. The number of hydrogen-bond acceptors (Lipinski definition) is 5. The van der Waals surface area contributed by atoms with Gasteiger partial charge in [0, 0.05) is 28.1 Å². The second kappa shape index (κ2) is 12.1. The van der Waals surface area contributed by atoms with Crippen molar-refractivity contribution >= 4 is 49.3 Å². The first-order valence-electron chi connectivity index (χ1n) is 17.3. The summed E-state index contributed by atoms with van der Waals surface area (Å²) in [6, 6.07) is 55.6. The second-order valence-corrected chi connectivity index (χ2v) is 13.1. The predicted molar refractivity (Wildman–Crippen MR) is 209 cm³/mol. The molecule has 0 saturated heterocycles.